The molecule has 192 valence electrons. The van der Waals surface area contributed by atoms with Crippen LogP contribution in [-0.2, 0) is 22.7 Å². The number of phosphoric acid groups is 2. The van der Waals surface area contributed by atoms with E-state index in [4.69, 9.17) is 14.5 Å². The molecule has 0 rings (SSSR count). The fourth-order valence-electron chi connectivity index (χ4n) is 2.81. The van der Waals surface area contributed by atoms with Crippen molar-refractivity contribution in [3.63, 3.8) is 0 Å². The topological polar surface area (TPSA) is 123 Å². The normalized spacial score (nSPS) is 16.2. The Hall–Kier alpha value is -0.820. The van der Waals surface area contributed by atoms with Crippen molar-refractivity contribution in [2.24, 2.45) is 0 Å². The van der Waals surface area contributed by atoms with Gasteiger partial charge in [0.25, 0.3) is 0 Å². The number of hydrogen-bond donors (Lipinski definition) is 3. The quantitative estimate of drug-likeness (QED) is 0.105. The Morgan fingerprint density at radius 1 is 0.758 bits per heavy atom. The second-order valence-corrected chi connectivity index (χ2v) is 11.0. The maximum atomic E-state index is 11.4. The fourth-order valence-corrected chi connectivity index (χ4v) is 4.34. The predicted octanol–water partition coefficient (Wildman–Crippen LogP) is 6.77. The van der Waals surface area contributed by atoms with Crippen molar-refractivity contribution in [1.29, 1.82) is 0 Å². The van der Waals surface area contributed by atoms with Gasteiger partial charge in [-0.25, -0.2) is 9.13 Å². The third kappa shape index (κ3) is 21.5. The van der Waals surface area contributed by atoms with Crippen molar-refractivity contribution in [3.8, 4) is 0 Å². The Labute approximate surface area is 199 Å². The Balaban J connectivity index is 4.18. The highest BCUT2D eigenvalue weighted by Crippen LogP contribution is 2.57. The van der Waals surface area contributed by atoms with Gasteiger partial charge in [0.15, 0.2) is 0 Å². The number of ether oxygens (including phenoxy) is 1. The lowest BCUT2D eigenvalue weighted by Gasteiger charge is -2.11. The van der Waals surface area contributed by atoms with Gasteiger partial charge in [-0.2, -0.15) is 4.31 Å². The summed E-state index contributed by atoms with van der Waals surface area (Å²) < 4.78 is 35.8. The van der Waals surface area contributed by atoms with E-state index < -0.39 is 15.6 Å². The minimum Gasteiger partial charge on any atom is -0.377 e. The third-order valence-corrected chi connectivity index (χ3v) is 6.80. The van der Waals surface area contributed by atoms with E-state index in [0.29, 0.717) is 0 Å². The Morgan fingerprint density at radius 3 is 1.67 bits per heavy atom. The second-order valence-electron chi connectivity index (χ2n) is 8.21. The zero-order valence-electron chi connectivity index (χ0n) is 20.7. The van der Waals surface area contributed by atoms with E-state index in [1.807, 2.05) is 6.92 Å². The van der Waals surface area contributed by atoms with Gasteiger partial charge in [0.1, 0.15) is 0 Å². The maximum Gasteiger partial charge on any atom is 0.481 e. The van der Waals surface area contributed by atoms with E-state index in [-0.39, 0.29) is 6.61 Å². The van der Waals surface area contributed by atoms with Crippen LogP contribution in [0.1, 0.15) is 79.6 Å². The van der Waals surface area contributed by atoms with E-state index in [1.54, 1.807) is 6.08 Å². The molecule has 0 heterocycles. The minimum absolute atomic E-state index is 0.271. The fraction of sp³-hybridized carbons (Fsp3) is 0.652. The van der Waals surface area contributed by atoms with Crippen LogP contribution < -0.4 is 0 Å². The molecule has 0 aliphatic rings. The summed E-state index contributed by atoms with van der Waals surface area (Å²) in [6.45, 7) is 11.6. The standard InChI is InChI=1S/C23H42O8P2/c1-6-17-29-19-23(5)15-9-13-21(3)11-7-10-20(2)12-8-14-22(4)16-18-30-33(27,28)31-32(24,25)26/h11-12,15-16H,6-10,13-14,17-19H2,1-5H3,(H,27,28)(H2,24,25,26)/b20-12+,21-11+,22-16+,23-15+. The molecule has 0 aliphatic heterocycles. The van der Waals surface area contributed by atoms with Gasteiger partial charge < -0.3 is 19.4 Å². The Morgan fingerprint density at radius 2 is 1.21 bits per heavy atom. The van der Waals surface area contributed by atoms with Gasteiger partial charge in [-0.05, 0) is 72.6 Å². The maximum absolute atomic E-state index is 11.4. The van der Waals surface area contributed by atoms with Crippen LogP contribution in [0.2, 0.25) is 0 Å². The first-order valence-electron chi connectivity index (χ1n) is 11.3. The van der Waals surface area contributed by atoms with Gasteiger partial charge >= 0.3 is 15.6 Å². The second kappa shape index (κ2) is 17.6. The molecule has 0 spiro atoms. The highest BCUT2D eigenvalue weighted by atomic mass is 31.3. The van der Waals surface area contributed by atoms with Crippen LogP contribution in [0.3, 0.4) is 0 Å². The van der Waals surface area contributed by atoms with Gasteiger partial charge in [0, 0.05) is 6.61 Å². The monoisotopic (exact) mass is 508 g/mol. The number of phosphoric ester groups is 1. The zero-order chi connectivity index (χ0) is 25.3. The van der Waals surface area contributed by atoms with E-state index >= 15 is 0 Å². The molecule has 10 heteroatoms. The van der Waals surface area contributed by atoms with E-state index in [0.717, 1.165) is 63.7 Å². The molecule has 8 nitrogen and oxygen atoms in total. The molecule has 3 N–H and O–H groups in total. The first kappa shape index (κ1) is 32.2. The summed E-state index contributed by atoms with van der Waals surface area (Å²) in [5.41, 5.74) is 4.92. The first-order chi connectivity index (χ1) is 15.3. The lowest BCUT2D eigenvalue weighted by Crippen LogP contribution is -1.96. The zero-order valence-corrected chi connectivity index (χ0v) is 22.4. The average molecular weight is 509 g/mol. The van der Waals surface area contributed by atoms with E-state index in [1.165, 1.54) is 16.7 Å². The van der Waals surface area contributed by atoms with Crippen LogP contribution in [0.4, 0.5) is 0 Å². The third-order valence-electron chi connectivity index (χ3n) is 4.65. The average Bonchev–Trinajstić information content (AvgIpc) is 2.66. The van der Waals surface area contributed by atoms with Crippen LogP contribution in [0.15, 0.2) is 46.6 Å². The molecule has 1 atom stereocenters. The molecule has 0 fully saturated rings. The van der Waals surface area contributed by atoms with Crippen molar-refractivity contribution in [1.82, 2.24) is 0 Å². The highest BCUT2D eigenvalue weighted by Gasteiger charge is 2.31. The molecule has 0 aromatic heterocycles. The predicted molar refractivity (Wildman–Crippen MR) is 133 cm³/mol. The summed E-state index contributed by atoms with van der Waals surface area (Å²) in [5.74, 6) is 0. The van der Waals surface area contributed by atoms with Crippen molar-refractivity contribution in [2.75, 3.05) is 19.8 Å². The van der Waals surface area contributed by atoms with Crippen LogP contribution in [0, 0.1) is 0 Å². The molecule has 33 heavy (non-hydrogen) atoms. The SMILES string of the molecule is CCCOC/C(C)=C/CC/C(C)=C/CC/C(C)=C/CC/C(C)=C/COP(=O)(O)OP(=O)(O)O. The molecule has 0 aromatic rings. The van der Waals surface area contributed by atoms with Crippen molar-refractivity contribution in [2.45, 2.75) is 79.6 Å². The summed E-state index contributed by atoms with van der Waals surface area (Å²) in [7, 11) is -9.87. The summed E-state index contributed by atoms with van der Waals surface area (Å²) in [6, 6.07) is 0. The molecule has 0 amide bonds. The molecule has 0 aliphatic carbocycles. The van der Waals surface area contributed by atoms with Gasteiger partial charge in [-0.15, -0.1) is 0 Å². The van der Waals surface area contributed by atoms with E-state index in [2.05, 4.69) is 54.8 Å². The summed E-state index contributed by atoms with van der Waals surface area (Å²) in [4.78, 5) is 26.3. The molecule has 0 radical (unpaired) electrons. The lowest BCUT2D eigenvalue weighted by molar-refractivity contribution is 0.156. The van der Waals surface area contributed by atoms with Gasteiger partial charge in [-0.1, -0.05) is 53.5 Å². The molecular weight excluding hydrogens is 466 g/mol. The summed E-state index contributed by atoms with van der Waals surface area (Å²) >= 11 is 0. The van der Waals surface area contributed by atoms with Crippen molar-refractivity contribution in [3.05, 3.63) is 46.6 Å². The smallest absolute Gasteiger partial charge is 0.377 e. The minimum atomic E-state index is -5.09. The molecule has 1 unspecified atom stereocenters. The van der Waals surface area contributed by atoms with Crippen LogP contribution >= 0.6 is 15.6 Å². The van der Waals surface area contributed by atoms with Crippen molar-refractivity contribution >= 4 is 15.6 Å². The van der Waals surface area contributed by atoms with Gasteiger partial charge in [0.05, 0.1) is 13.2 Å². The van der Waals surface area contributed by atoms with Gasteiger partial charge in [-0.3, -0.25) is 4.52 Å². The molecule has 0 saturated carbocycles. The molecular formula is C23H42O8P2. The summed E-state index contributed by atoms with van der Waals surface area (Å²) in [6.07, 6.45) is 15.0. The highest BCUT2D eigenvalue weighted by molar-refractivity contribution is 7.60. The summed E-state index contributed by atoms with van der Waals surface area (Å²) in [5, 5.41) is 0. The Bertz CT molecular complexity index is 777. The first-order valence-corrected chi connectivity index (χ1v) is 14.3. The van der Waals surface area contributed by atoms with E-state index in [9.17, 15) is 14.0 Å². The molecule has 0 saturated heterocycles. The molecule has 0 bridgehead atoms. The number of rotatable bonds is 18. The van der Waals surface area contributed by atoms with Crippen LogP contribution in [-0.4, -0.2) is 34.5 Å². The van der Waals surface area contributed by atoms with Crippen LogP contribution in [0.25, 0.3) is 0 Å². The van der Waals surface area contributed by atoms with Gasteiger partial charge in [0.2, 0.25) is 0 Å². The number of hydrogen-bond acceptors (Lipinski definition) is 5. The molecule has 0 aromatic carbocycles. The van der Waals surface area contributed by atoms with Crippen molar-refractivity contribution < 1.29 is 37.4 Å². The lowest BCUT2D eigenvalue weighted by atomic mass is 10.0. The Kier molecular flexibility index (Phi) is 17.2. The largest absolute Gasteiger partial charge is 0.481 e. The number of allylic oxidation sites excluding steroid dienone is 6. The van der Waals surface area contributed by atoms with Crippen LogP contribution in [0.5, 0.6) is 0 Å².